The molecule has 1 saturated heterocycles. The molecule has 0 saturated carbocycles. The van der Waals surface area contributed by atoms with E-state index in [9.17, 15) is 13.2 Å². The number of benzene rings is 2. The average molecular weight is 481 g/mol. The largest absolute Gasteiger partial charge is 0.484 e. The molecule has 0 unspecified atom stereocenters. The number of carbonyl (C=O) groups excluding carboxylic acids is 1. The fourth-order valence-electron chi connectivity index (χ4n) is 3.39. The van der Waals surface area contributed by atoms with Crippen LogP contribution in [0, 0.1) is 13.8 Å². The minimum absolute atomic E-state index is 0.160. The highest BCUT2D eigenvalue weighted by molar-refractivity contribution is 9.10. The Bertz CT molecular complexity index is 961. The number of amides is 1. The highest BCUT2D eigenvalue weighted by atomic mass is 79.9. The van der Waals surface area contributed by atoms with Crippen LogP contribution >= 0.6 is 15.9 Å². The number of hydrogen-bond donors (Lipinski definition) is 1. The van der Waals surface area contributed by atoms with Crippen LogP contribution in [-0.4, -0.2) is 38.3 Å². The van der Waals surface area contributed by atoms with Crippen molar-refractivity contribution in [1.29, 1.82) is 0 Å². The first-order valence-corrected chi connectivity index (χ1v) is 11.8. The number of rotatable bonds is 6. The van der Waals surface area contributed by atoms with Gasteiger partial charge in [-0.1, -0.05) is 22.4 Å². The number of piperidine rings is 1. The molecule has 2 aromatic rings. The number of sulfonamides is 1. The lowest BCUT2D eigenvalue weighted by molar-refractivity contribution is -0.118. The van der Waals surface area contributed by atoms with Crippen LogP contribution in [0.25, 0.3) is 0 Å². The fourth-order valence-corrected chi connectivity index (χ4v) is 5.60. The van der Waals surface area contributed by atoms with Crippen LogP contribution in [-0.2, 0) is 14.8 Å². The van der Waals surface area contributed by atoms with Crippen molar-refractivity contribution in [1.82, 2.24) is 4.31 Å². The van der Waals surface area contributed by atoms with Gasteiger partial charge in [0.25, 0.3) is 5.91 Å². The van der Waals surface area contributed by atoms with Gasteiger partial charge in [0.2, 0.25) is 10.0 Å². The molecule has 1 fully saturated rings. The summed E-state index contributed by atoms with van der Waals surface area (Å²) in [4.78, 5) is 12.5. The minimum Gasteiger partial charge on any atom is -0.484 e. The van der Waals surface area contributed by atoms with Gasteiger partial charge in [-0.2, -0.15) is 4.31 Å². The predicted octanol–water partition coefficient (Wildman–Crippen LogP) is 4.26. The highest BCUT2D eigenvalue weighted by Crippen LogP contribution is 2.25. The van der Waals surface area contributed by atoms with Crippen LogP contribution < -0.4 is 10.1 Å². The van der Waals surface area contributed by atoms with Gasteiger partial charge in [-0.15, -0.1) is 0 Å². The third-order valence-electron chi connectivity index (χ3n) is 4.91. The van der Waals surface area contributed by atoms with Gasteiger partial charge in [-0.3, -0.25) is 4.79 Å². The monoisotopic (exact) mass is 480 g/mol. The van der Waals surface area contributed by atoms with Crippen LogP contribution in [0.2, 0.25) is 0 Å². The third-order valence-corrected chi connectivity index (χ3v) is 7.28. The van der Waals surface area contributed by atoms with E-state index >= 15 is 0 Å². The van der Waals surface area contributed by atoms with Crippen LogP contribution in [0.15, 0.2) is 45.8 Å². The van der Waals surface area contributed by atoms with Crippen molar-refractivity contribution in [2.75, 3.05) is 25.0 Å². The van der Waals surface area contributed by atoms with Gasteiger partial charge in [0, 0.05) is 23.2 Å². The van der Waals surface area contributed by atoms with Gasteiger partial charge in [0.1, 0.15) is 5.75 Å². The first-order valence-electron chi connectivity index (χ1n) is 9.57. The van der Waals surface area contributed by atoms with Crippen molar-refractivity contribution in [3.05, 3.63) is 52.0 Å². The summed E-state index contributed by atoms with van der Waals surface area (Å²) in [5.41, 5.74) is 2.68. The zero-order valence-electron chi connectivity index (χ0n) is 16.6. The number of halogens is 1. The Morgan fingerprint density at radius 2 is 1.66 bits per heavy atom. The standard InChI is InChI=1S/C21H25BrN2O4S/c1-15-12-17(22)13-16(2)21(15)23-20(25)14-28-18-6-8-19(9-7-18)29(26,27)24-10-4-3-5-11-24/h6-9,12-13H,3-5,10-11,14H2,1-2H3,(H,23,25). The molecule has 0 aromatic heterocycles. The molecule has 1 heterocycles. The molecule has 0 radical (unpaired) electrons. The van der Waals surface area contributed by atoms with E-state index in [0.717, 1.165) is 40.5 Å². The molecule has 2 aromatic carbocycles. The number of ether oxygens (including phenoxy) is 1. The van der Waals surface area contributed by atoms with Crippen LogP contribution in [0.5, 0.6) is 5.75 Å². The summed E-state index contributed by atoms with van der Waals surface area (Å²) in [6.45, 7) is 4.82. The molecule has 1 N–H and O–H groups in total. The molecule has 1 aliphatic rings. The Morgan fingerprint density at radius 1 is 1.07 bits per heavy atom. The molecule has 156 valence electrons. The summed E-state index contributed by atoms with van der Waals surface area (Å²) in [5, 5.41) is 2.87. The zero-order chi connectivity index (χ0) is 21.0. The van der Waals surface area contributed by atoms with E-state index in [0.29, 0.717) is 18.8 Å². The Balaban J connectivity index is 1.60. The zero-order valence-corrected chi connectivity index (χ0v) is 19.0. The van der Waals surface area contributed by atoms with E-state index in [1.807, 2.05) is 26.0 Å². The summed E-state index contributed by atoms with van der Waals surface area (Å²) in [7, 11) is -3.47. The SMILES string of the molecule is Cc1cc(Br)cc(C)c1NC(=O)COc1ccc(S(=O)(=O)N2CCCCC2)cc1. The molecule has 0 atom stereocenters. The van der Waals surface area contributed by atoms with E-state index < -0.39 is 10.0 Å². The topological polar surface area (TPSA) is 75.7 Å². The quantitative estimate of drug-likeness (QED) is 0.669. The molecule has 3 rings (SSSR count). The van der Waals surface area contributed by atoms with Gasteiger partial charge >= 0.3 is 0 Å². The molecule has 0 bridgehead atoms. The van der Waals surface area contributed by atoms with Crippen molar-refractivity contribution >= 4 is 37.5 Å². The predicted molar refractivity (Wildman–Crippen MR) is 117 cm³/mol. The van der Waals surface area contributed by atoms with Gasteiger partial charge in [0.05, 0.1) is 4.90 Å². The summed E-state index contributed by atoms with van der Waals surface area (Å²) in [6, 6.07) is 10.1. The molecule has 0 spiro atoms. The van der Waals surface area contributed by atoms with Gasteiger partial charge in [-0.05, 0) is 74.2 Å². The van der Waals surface area contributed by atoms with Crippen LogP contribution in [0.4, 0.5) is 5.69 Å². The van der Waals surface area contributed by atoms with Crippen molar-refractivity contribution in [2.45, 2.75) is 38.0 Å². The normalized spacial score (nSPS) is 15.1. The van der Waals surface area contributed by atoms with Gasteiger partial charge in [-0.25, -0.2) is 8.42 Å². The van der Waals surface area contributed by atoms with Gasteiger partial charge in [0.15, 0.2) is 6.61 Å². The van der Waals surface area contributed by atoms with E-state index in [1.54, 1.807) is 12.1 Å². The Morgan fingerprint density at radius 3 is 2.24 bits per heavy atom. The molecule has 1 amide bonds. The molecular weight excluding hydrogens is 456 g/mol. The third kappa shape index (κ3) is 5.38. The fraction of sp³-hybridized carbons (Fsp3) is 0.381. The second-order valence-electron chi connectivity index (χ2n) is 7.19. The Labute approximate surface area is 180 Å². The number of nitrogens with one attached hydrogen (secondary N) is 1. The molecule has 0 aliphatic carbocycles. The lowest BCUT2D eigenvalue weighted by Crippen LogP contribution is -2.35. The van der Waals surface area contributed by atoms with Gasteiger partial charge < -0.3 is 10.1 Å². The smallest absolute Gasteiger partial charge is 0.262 e. The maximum atomic E-state index is 12.7. The second-order valence-corrected chi connectivity index (χ2v) is 10.0. The number of hydrogen-bond acceptors (Lipinski definition) is 4. The summed E-state index contributed by atoms with van der Waals surface area (Å²) < 4.78 is 33.4. The maximum Gasteiger partial charge on any atom is 0.262 e. The maximum absolute atomic E-state index is 12.7. The first kappa shape index (κ1) is 21.8. The lowest BCUT2D eigenvalue weighted by atomic mass is 10.1. The summed E-state index contributed by atoms with van der Waals surface area (Å²) in [5.74, 6) is 0.172. The Hall–Kier alpha value is -1.90. The average Bonchev–Trinajstić information content (AvgIpc) is 2.70. The number of anilines is 1. The number of nitrogens with zero attached hydrogens (tertiary/aromatic N) is 1. The summed E-state index contributed by atoms with van der Waals surface area (Å²) >= 11 is 3.44. The highest BCUT2D eigenvalue weighted by Gasteiger charge is 2.25. The second kappa shape index (κ2) is 9.28. The van der Waals surface area contributed by atoms with E-state index in [4.69, 9.17) is 4.74 Å². The van der Waals surface area contributed by atoms with Crippen molar-refractivity contribution < 1.29 is 17.9 Å². The summed E-state index contributed by atoms with van der Waals surface area (Å²) in [6.07, 6.45) is 2.86. The van der Waals surface area contributed by atoms with E-state index in [-0.39, 0.29) is 17.4 Å². The van der Waals surface area contributed by atoms with Crippen molar-refractivity contribution in [3.63, 3.8) is 0 Å². The molecular formula is C21H25BrN2O4S. The van der Waals surface area contributed by atoms with E-state index in [2.05, 4.69) is 21.2 Å². The van der Waals surface area contributed by atoms with Crippen molar-refractivity contribution in [3.8, 4) is 5.75 Å². The molecule has 1 aliphatic heterocycles. The van der Waals surface area contributed by atoms with E-state index in [1.165, 1.54) is 16.4 Å². The molecule has 8 heteroatoms. The van der Waals surface area contributed by atoms with Crippen LogP contribution in [0.3, 0.4) is 0 Å². The number of carbonyl (C=O) groups is 1. The molecule has 6 nitrogen and oxygen atoms in total. The first-order chi connectivity index (χ1) is 13.8. The van der Waals surface area contributed by atoms with Crippen LogP contribution in [0.1, 0.15) is 30.4 Å². The Kier molecular flexibility index (Phi) is 6.97. The number of aryl methyl sites for hydroxylation is 2. The molecule has 29 heavy (non-hydrogen) atoms. The lowest BCUT2D eigenvalue weighted by Gasteiger charge is -2.25. The minimum atomic E-state index is -3.47. The van der Waals surface area contributed by atoms with Crippen molar-refractivity contribution in [2.24, 2.45) is 0 Å².